The van der Waals surface area contributed by atoms with Crippen LogP contribution in [0.15, 0.2) is 5.18 Å². The quantitative estimate of drug-likeness (QED) is 0.575. The lowest BCUT2D eigenvalue weighted by Crippen LogP contribution is -2.43. The van der Waals surface area contributed by atoms with Crippen LogP contribution >= 0.6 is 0 Å². The zero-order valence-electron chi connectivity index (χ0n) is 6.90. The summed E-state index contributed by atoms with van der Waals surface area (Å²) in [6.45, 7) is 1.99. The molecule has 0 aliphatic rings. The Balaban J connectivity index is 4.07. The van der Waals surface area contributed by atoms with Gasteiger partial charge >= 0.3 is 6.03 Å². The van der Waals surface area contributed by atoms with Gasteiger partial charge in [0.2, 0.25) is 0 Å². The normalized spacial score (nSPS) is 10.8. The van der Waals surface area contributed by atoms with E-state index >= 15 is 0 Å². The molecule has 0 aromatic carbocycles. The van der Waals surface area contributed by atoms with Gasteiger partial charge in [-0.25, -0.2) is 4.79 Å². The molecule has 0 aromatic rings. The summed E-state index contributed by atoms with van der Waals surface area (Å²) in [7, 11) is 0. The molecule has 0 spiro atoms. The van der Waals surface area contributed by atoms with E-state index in [1.165, 1.54) is 6.07 Å². The molecule has 0 saturated heterocycles. The number of nitrogens with one attached hydrogen (secondary N) is 2. The van der Waals surface area contributed by atoms with Crippen LogP contribution in [0.4, 0.5) is 4.79 Å². The Morgan fingerprint density at radius 1 is 1.62 bits per heavy atom. The smallest absolute Gasteiger partial charge is 0.321 e. The van der Waals surface area contributed by atoms with Gasteiger partial charge in [-0.3, -0.25) is 10.1 Å². The van der Waals surface area contributed by atoms with Gasteiger partial charge in [-0.2, -0.15) is 5.26 Å². The maximum Gasteiger partial charge on any atom is 0.321 e. The minimum atomic E-state index is -1.68. The Bertz CT molecular complexity index is 257. The molecule has 0 fully saturated rings. The summed E-state index contributed by atoms with van der Waals surface area (Å²) >= 11 is 0. The van der Waals surface area contributed by atoms with Crippen molar-refractivity contribution in [2.45, 2.75) is 13.0 Å². The molecule has 0 heterocycles. The van der Waals surface area contributed by atoms with Crippen LogP contribution < -0.4 is 10.6 Å². The molecule has 13 heavy (non-hydrogen) atoms. The lowest BCUT2D eigenvalue weighted by molar-refractivity contribution is -0.120. The second-order valence-electron chi connectivity index (χ2n) is 1.99. The van der Waals surface area contributed by atoms with E-state index in [1.807, 2.05) is 0 Å². The lowest BCUT2D eigenvalue weighted by atomic mass is 10.3. The standard InChI is InChI=1S/C6H8N4O3/c1-2-8-6(12)9-5(11)4(3-7)10-13/h4H,2H2,1H3,(H2,8,9,11,12). The van der Waals surface area contributed by atoms with Crippen molar-refractivity contribution in [2.24, 2.45) is 5.18 Å². The van der Waals surface area contributed by atoms with Gasteiger partial charge in [0.15, 0.2) is 0 Å². The third kappa shape index (κ3) is 3.81. The molecule has 1 atom stereocenters. The van der Waals surface area contributed by atoms with Crippen molar-refractivity contribution >= 4 is 11.9 Å². The number of amides is 3. The monoisotopic (exact) mass is 184 g/mol. The fourth-order valence-electron chi connectivity index (χ4n) is 0.515. The van der Waals surface area contributed by atoms with Gasteiger partial charge in [0.1, 0.15) is 6.07 Å². The highest BCUT2D eigenvalue weighted by Crippen LogP contribution is 1.87. The van der Waals surface area contributed by atoms with Gasteiger partial charge in [-0.1, -0.05) is 0 Å². The van der Waals surface area contributed by atoms with Gasteiger partial charge in [0.25, 0.3) is 11.9 Å². The van der Waals surface area contributed by atoms with E-state index in [1.54, 1.807) is 12.2 Å². The molecule has 1 unspecified atom stereocenters. The van der Waals surface area contributed by atoms with E-state index in [-0.39, 0.29) is 0 Å². The van der Waals surface area contributed by atoms with Crippen LogP contribution in [0.3, 0.4) is 0 Å². The van der Waals surface area contributed by atoms with E-state index < -0.39 is 18.0 Å². The van der Waals surface area contributed by atoms with Crippen LogP contribution in [-0.4, -0.2) is 24.5 Å². The van der Waals surface area contributed by atoms with Crippen molar-refractivity contribution < 1.29 is 9.59 Å². The number of urea groups is 1. The molecule has 0 bridgehead atoms. The maximum absolute atomic E-state index is 10.8. The van der Waals surface area contributed by atoms with Crippen LogP contribution in [-0.2, 0) is 4.79 Å². The highest BCUT2D eigenvalue weighted by atomic mass is 16.3. The van der Waals surface area contributed by atoms with Gasteiger partial charge in [0.05, 0.1) is 0 Å². The van der Waals surface area contributed by atoms with Crippen molar-refractivity contribution in [1.82, 2.24) is 10.6 Å². The summed E-state index contributed by atoms with van der Waals surface area (Å²) in [5.41, 5.74) is 0. The number of carbonyl (C=O) groups is 2. The Labute approximate surface area is 74.1 Å². The molecule has 0 aromatic heterocycles. The summed E-state index contributed by atoms with van der Waals surface area (Å²) in [6, 6.07) is -1.10. The van der Waals surface area contributed by atoms with E-state index in [0.717, 1.165) is 0 Å². The zero-order chi connectivity index (χ0) is 10.3. The van der Waals surface area contributed by atoms with Crippen molar-refractivity contribution in [2.75, 3.05) is 6.54 Å². The third-order valence-electron chi connectivity index (χ3n) is 1.05. The van der Waals surface area contributed by atoms with Gasteiger partial charge in [-0.05, 0) is 12.1 Å². The highest BCUT2D eigenvalue weighted by molar-refractivity contribution is 5.98. The average molecular weight is 184 g/mol. The molecule has 7 nitrogen and oxygen atoms in total. The Morgan fingerprint density at radius 3 is 2.62 bits per heavy atom. The first-order valence-electron chi connectivity index (χ1n) is 3.46. The van der Waals surface area contributed by atoms with Gasteiger partial charge in [-0.15, -0.1) is 4.91 Å². The van der Waals surface area contributed by atoms with E-state index in [0.29, 0.717) is 6.54 Å². The van der Waals surface area contributed by atoms with Crippen molar-refractivity contribution in [3.8, 4) is 6.07 Å². The number of hydrogen-bond acceptors (Lipinski definition) is 5. The number of rotatable bonds is 3. The predicted molar refractivity (Wildman–Crippen MR) is 42.4 cm³/mol. The van der Waals surface area contributed by atoms with Crippen LogP contribution in [0.25, 0.3) is 0 Å². The van der Waals surface area contributed by atoms with Crippen molar-refractivity contribution in [3.63, 3.8) is 0 Å². The van der Waals surface area contributed by atoms with Gasteiger partial charge in [0, 0.05) is 6.54 Å². The Kier molecular flexibility index (Phi) is 4.79. The number of hydrogen-bond donors (Lipinski definition) is 2. The minimum Gasteiger partial charge on any atom is -0.338 e. The van der Waals surface area contributed by atoms with E-state index in [9.17, 15) is 14.5 Å². The zero-order valence-corrected chi connectivity index (χ0v) is 6.90. The van der Waals surface area contributed by atoms with Crippen LogP contribution in [0.2, 0.25) is 0 Å². The molecular weight excluding hydrogens is 176 g/mol. The molecule has 0 rings (SSSR count). The SMILES string of the molecule is CCNC(=O)NC(=O)C(C#N)N=O. The third-order valence-corrected chi connectivity index (χ3v) is 1.05. The molecular formula is C6H8N4O3. The number of carbonyl (C=O) groups excluding carboxylic acids is 2. The number of imide groups is 1. The number of nitriles is 1. The largest absolute Gasteiger partial charge is 0.338 e. The summed E-state index contributed by atoms with van der Waals surface area (Å²) in [5.74, 6) is -1.02. The topological polar surface area (TPSA) is 111 Å². The Morgan fingerprint density at radius 2 is 2.23 bits per heavy atom. The van der Waals surface area contributed by atoms with E-state index in [4.69, 9.17) is 5.26 Å². The summed E-state index contributed by atoms with van der Waals surface area (Å²) < 4.78 is 0. The summed E-state index contributed by atoms with van der Waals surface area (Å²) in [4.78, 5) is 31.3. The van der Waals surface area contributed by atoms with Crippen LogP contribution in [0, 0.1) is 16.2 Å². The molecule has 0 aliphatic carbocycles. The Hall–Kier alpha value is -1.97. The highest BCUT2D eigenvalue weighted by Gasteiger charge is 2.19. The second-order valence-corrected chi connectivity index (χ2v) is 1.99. The molecule has 2 N–H and O–H groups in total. The van der Waals surface area contributed by atoms with E-state index in [2.05, 4.69) is 10.5 Å². The van der Waals surface area contributed by atoms with Crippen LogP contribution in [0.1, 0.15) is 6.92 Å². The molecule has 0 radical (unpaired) electrons. The van der Waals surface area contributed by atoms with Crippen molar-refractivity contribution in [3.05, 3.63) is 4.91 Å². The fraction of sp³-hybridized carbons (Fsp3) is 0.500. The number of nitrogens with zero attached hydrogens (tertiary/aromatic N) is 2. The molecule has 3 amide bonds. The summed E-state index contributed by atoms with van der Waals surface area (Å²) in [6.07, 6.45) is 0. The van der Waals surface area contributed by atoms with Crippen LogP contribution in [0.5, 0.6) is 0 Å². The lowest BCUT2D eigenvalue weighted by Gasteiger charge is -2.03. The first-order chi connectivity index (χ1) is 6.15. The molecule has 0 saturated carbocycles. The van der Waals surface area contributed by atoms with Crippen molar-refractivity contribution in [1.29, 1.82) is 5.26 Å². The second kappa shape index (κ2) is 5.65. The molecule has 0 aliphatic heterocycles. The summed E-state index contributed by atoms with van der Waals surface area (Å²) in [5, 5.41) is 14.5. The molecule has 70 valence electrons. The first kappa shape index (κ1) is 11.0. The average Bonchev–Trinajstić information content (AvgIpc) is 2.06. The first-order valence-corrected chi connectivity index (χ1v) is 3.46. The fourth-order valence-corrected chi connectivity index (χ4v) is 0.515. The molecule has 7 heteroatoms. The minimum absolute atomic E-state index is 0.338. The number of nitroso groups, excluding NO2 is 1. The maximum atomic E-state index is 10.8. The predicted octanol–water partition coefficient (Wildman–Crippen LogP) is -0.509. The van der Waals surface area contributed by atoms with Gasteiger partial charge < -0.3 is 5.32 Å².